The first-order valence-electron chi connectivity index (χ1n) is 5.25. The molecule has 0 aliphatic rings. The highest BCUT2D eigenvalue weighted by Gasteiger charge is 2.10. The van der Waals surface area contributed by atoms with E-state index in [1.165, 1.54) is 18.2 Å². The molecule has 0 aliphatic carbocycles. The summed E-state index contributed by atoms with van der Waals surface area (Å²) in [6.07, 6.45) is 5.21. The van der Waals surface area contributed by atoms with E-state index < -0.39 is 0 Å². The number of fused-ring (bicyclic) bond motifs is 1. The Morgan fingerprint density at radius 2 is 2.11 bits per heavy atom. The quantitative estimate of drug-likeness (QED) is 0.663. The third kappa shape index (κ3) is 2.48. The third-order valence-corrected chi connectivity index (χ3v) is 3.41. The van der Waals surface area contributed by atoms with Gasteiger partial charge in [0.15, 0.2) is 0 Å². The monoisotopic (exact) mass is 385 g/mol. The van der Waals surface area contributed by atoms with Crippen LogP contribution in [0, 0.1) is 5.82 Å². The Morgan fingerprint density at radius 1 is 1.26 bits per heavy atom. The highest BCUT2D eigenvalue weighted by atomic mass is 79.9. The van der Waals surface area contributed by atoms with Gasteiger partial charge in [0.2, 0.25) is 5.65 Å². The molecule has 0 N–H and O–H groups in total. The Labute approximate surface area is 124 Å². The lowest BCUT2D eigenvalue weighted by atomic mass is 10.3. The summed E-state index contributed by atoms with van der Waals surface area (Å²) in [6.45, 7) is 0. The zero-order valence-electron chi connectivity index (χ0n) is 9.35. The molecular weight excluding hydrogens is 381 g/mol. The molecule has 0 bridgehead atoms. The molecule has 2 heterocycles. The van der Waals surface area contributed by atoms with Crippen molar-refractivity contribution in [1.29, 1.82) is 0 Å². The molecule has 0 aliphatic heterocycles. The van der Waals surface area contributed by atoms with Crippen molar-refractivity contribution in [3.63, 3.8) is 0 Å². The molecule has 0 saturated carbocycles. The minimum atomic E-state index is -0.347. The van der Waals surface area contributed by atoms with Gasteiger partial charge in [0, 0.05) is 18.6 Å². The fraction of sp³-hybridized carbons (Fsp3) is 0. The van der Waals surface area contributed by atoms with Gasteiger partial charge in [-0.1, -0.05) is 0 Å². The van der Waals surface area contributed by atoms with Gasteiger partial charge in [0.1, 0.15) is 16.2 Å². The van der Waals surface area contributed by atoms with E-state index >= 15 is 0 Å². The maximum absolute atomic E-state index is 13.2. The zero-order chi connectivity index (χ0) is 13.4. The molecule has 19 heavy (non-hydrogen) atoms. The molecule has 0 fully saturated rings. The first kappa shape index (κ1) is 12.6. The second kappa shape index (κ2) is 4.90. The van der Waals surface area contributed by atoms with E-state index in [0.29, 0.717) is 26.4 Å². The lowest BCUT2D eigenvalue weighted by Gasteiger charge is -2.07. The fourth-order valence-electron chi connectivity index (χ4n) is 1.59. The van der Waals surface area contributed by atoms with E-state index in [2.05, 4.69) is 41.8 Å². The van der Waals surface area contributed by atoms with Gasteiger partial charge in [-0.2, -0.15) is 0 Å². The number of benzene rings is 1. The van der Waals surface area contributed by atoms with E-state index in [9.17, 15) is 4.39 Å². The Morgan fingerprint density at radius 3 is 2.89 bits per heavy atom. The van der Waals surface area contributed by atoms with Crippen LogP contribution >= 0.6 is 31.9 Å². The average molecular weight is 387 g/mol. The summed E-state index contributed by atoms with van der Waals surface area (Å²) in [4.78, 5) is 8.39. The van der Waals surface area contributed by atoms with Crippen molar-refractivity contribution in [2.45, 2.75) is 0 Å². The number of imidazole rings is 1. The van der Waals surface area contributed by atoms with Crippen molar-refractivity contribution >= 4 is 37.5 Å². The van der Waals surface area contributed by atoms with E-state index in [1.807, 2.05) is 0 Å². The molecular formula is C12H6Br2FN3O. The largest absolute Gasteiger partial charge is 0.436 e. The minimum absolute atomic E-state index is 0.333. The van der Waals surface area contributed by atoms with Gasteiger partial charge in [0.05, 0.1) is 4.47 Å². The summed E-state index contributed by atoms with van der Waals surface area (Å²) in [5.41, 5.74) is 0.587. The van der Waals surface area contributed by atoms with Crippen LogP contribution in [-0.2, 0) is 0 Å². The highest BCUT2D eigenvalue weighted by molar-refractivity contribution is 9.10. The Hall–Kier alpha value is -1.47. The van der Waals surface area contributed by atoms with Crippen LogP contribution in [-0.4, -0.2) is 14.4 Å². The van der Waals surface area contributed by atoms with Crippen molar-refractivity contribution in [3.05, 3.63) is 51.7 Å². The molecule has 2 aromatic heterocycles. The van der Waals surface area contributed by atoms with E-state index in [1.54, 1.807) is 23.0 Å². The number of ether oxygens (including phenoxy) is 1. The Kier molecular flexibility index (Phi) is 3.24. The van der Waals surface area contributed by atoms with Gasteiger partial charge in [-0.15, -0.1) is 0 Å². The summed E-state index contributed by atoms with van der Waals surface area (Å²) in [7, 11) is 0. The number of aromatic nitrogens is 3. The van der Waals surface area contributed by atoms with E-state index in [0.717, 1.165) is 0 Å². The number of hydrogen-bond donors (Lipinski definition) is 0. The molecule has 0 atom stereocenters. The molecule has 0 saturated heterocycles. The average Bonchev–Trinajstić information content (AvgIpc) is 2.82. The first-order chi connectivity index (χ1) is 9.13. The molecule has 4 nitrogen and oxygen atoms in total. The smallest absolute Gasteiger partial charge is 0.264 e. The van der Waals surface area contributed by atoms with Crippen LogP contribution < -0.4 is 4.74 Å². The second-order valence-corrected chi connectivity index (χ2v) is 5.37. The second-order valence-electron chi connectivity index (χ2n) is 3.70. The Bertz CT molecular complexity index is 760. The van der Waals surface area contributed by atoms with Gasteiger partial charge >= 0.3 is 0 Å². The normalized spacial score (nSPS) is 10.9. The lowest BCUT2D eigenvalue weighted by Crippen LogP contribution is -1.95. The summed E-state index contributed by atoms with van der Waals surface area (Å²) >= 11 is 6.41. The number of hydrogen-bond acceptors (Lipinski definition) is 3. The number of nitrogens with zero attached hydrogens (tertiary/aromatic N) is 3. The number of rotatable bonds is 2. The van der Waals surface area contributed by atoms with Gasteiger partial charge in [-0.05, 0) is 50.1 Å². The maximum Gasteiger partial charge on any atom is 0.264 e. The van der Waals surface area contributed by atoms with Crippen molar-refractivity contribution in [2.24, 2.45) is 0 Å². The fourth-order valence-corrected chi connectivity index (χ4v) is 2.33. The zero-order valence-corrected chi connectivity index (χ0v) is 12.5. The Balaban J connectivity index is 2.04. The van der Waals surface area contributed by atoms with Crippen molar-refractivity contribution in [1.82, 2.24) is 14.4 Å². The topological polar surface area (TPSA) is 39.4 Å². The molecule has 0 unspecified atom stereocenters. The van der Waals surface area contributed by atoms with Gasteiger partial charge in [-0.3, -0.25) is 4.40 Å². The van der Waals surface area contributed by atoms with Crippen LogP contribution in [0.5, 0.6) is 11.6 Å². The van der Waals surface area contributed by atoms with E-state index in [-0.39, 0.29) is 5.82 Å². The maximum atomic E-state index is 13.2. The van der Waals surface area contributed by atoms with Gasteiger partial charge in [-0.25, -0.2) is 14.4 Å². The molecule has 96 valence electrons. The molecule has 3 rings (SSSR count). The SMILES string of the molecule is Fc1ccc(Oc2nc(Br)cn3ccnc23)cc1Br. The van der Waals surface area contributed by atoms with E-state index in [4.69, 9.17) is 4.74 Å². The highest BCUT2D eigenvalue weighted by Crippen LogP contribution is 2.28. The first-order valence-corrected chi connectivity index (χ1v) is 6.84. The number of halogens is 3. The summed E-state index contributed by atoms with van der Waals surface area (Å²) < 4.78 is 21.5. The van der Waals surface area contributed by atoms with Crippen molar-refractivity contribution < 1.29 is 9.13 Å². The van der Waals surface area contributed by atoms with Crippen LogP contribution in [0.3, 0.4) is 0 Å². The minimum Gasteiger partial charge on any atom is -0.436 e. The van der Waals surface area contributed by atoms with Crippen molar-refractivity contribution in [2.75, 3.05) is 0 Å². The van der Waals surface area contributed by atoms with Crippen LogP contribution in [0.1, 0.15) is 0 Å². The summed E-state index contributed by atoms with van der Waals surface area (Å²) in [5.74, 6) is 0.474. The van der Waals surface area contributed by atoms with Crippen molar-refractivity contribution in [3.8, 4) is 11.6 Å². The predicted molar refractivity (Wildman–Crippen MR) is 74.9 cm³/mol. The van der Waals surface area contributed by atoms with Gasteiger partial charge in [0.25, 0.3) is 5.88 Å². The van der Waals surface area contributed by atoms with Gasteiger partial charge < -0.3 is 4.74 Å². The molecule has 0 amide bonds. The van der Waals surface area contributed by atoms with Crippen LogP contribution in [0.4, 0.5) is 4.39 Å². The molecule has 7 heteroatoms. The predicted octanol–water partition coefficient (Wildman–Crippen LogP) is 4.19. The molecule has 0 radical (unpaired) electrons. The molecule has 3 aromatic rings. The van der Waals surface area contributed by atoms with Crippen LogP contribution in [0.15, 0.2) is 45.9 Å². The summed E-state index contributed by atoms with van der Waals surface area (Å²) in [6, 6.07) is 4.39. The lowest BCUT2D eigenvalue weighted by molar-refractivity contribution is 0.461. The molecule has 1 aromatic carbocycles. The van der Waals surface area contributed by atoms with Crippen LogP contribution in [0.2, 0.25) is 0 Å². The third-order valence-electron chi connectivity index (χ3n) is 2.42. The summed E-state index contributed by atoms with van der Waals surface area (Å²) in [5, 5.41) is 0. The standard InChI is InChI=1S/C12H6Br2FN3O/c13-8-5-7(1-2-9(8)15)19-12-11-16-3-4-18(11)6-10(14)17-12/h1-6H. The van der Waals surface area contributed by atoms with Crippen LogP contribution in [0.25, 0.3) is 5.65 Å². The molecule has 0 spiro atoms.